The minimum atomic E-state index is -0.311. The van der Waals surface area contributed by atoms with E-state index in [1.807, 2.05) is 18.2 Å². The van der Waals surface area contributed by atoms with Crippen LogP contribution in [-0.4, -0.2) is 0 Å². The molecule has 0 heterocycles. The number of halogens is 2. The molecule has 0 aliphatic heterocycles. The summed E-state index contributed by atoms with van der Waals surface area (Å²) in [4.78, 5) is 0. The highest BCUT2D eigenvalue weighted by atomic mass is 79.9. The summed E-state index contributed by atoms with van der Waals surface area (Å²) >= 11 is 3.31. The summed E-state index contributed by atoms with van der Waals surface area (Å²) in [6.07, 6.45) is 1.02. The molecule has 2 aromatic rings. The van der Waals surface area contributed by atoms with E-state index in [2.05, 4.69) is 41.9 Å². The fraction of sp³-hybridized carbons (Fsp3) is 0.294. The third kappa shape index (κ3) is 3.90. The summed E-state index contributed by atoms with van der Waals surface area (Å²) < 4.78 is 14.2. The zero-order valence-electron chi connectivity index (χ0n) is 11.7. The second-order valence-corrected chi connectivity index (χ2v) is 6.44. The van der Waals surface area contributed by atoms with Gasteiger partial charge in [0.15, 0.2) is 0 Å². The van der Waals surface area contributed by atoms with Gasteiger partial charge in [0.05, 0.1) is 6.04 Å². The highest BCUT2D eigenvalue weighted by Gasteiger charge is 2.11. The molecule has 0 spiro atoms. The Morgan fingerprint density at radius 2 is 1.85 bits per heavy atom. The van der Waals surface area contributed by atoms with E-state index in [0.29, 0.717) is 10.4 Å². The fourth-order valence-corrected chi connectivity index (χ4v) is 2.82. The summed E-state index contributed by atoms with van der Waals surface area (Å²) in [7, 11) is 0. The molecule has 0 aliphatic rings. The maximum atomic E-state index is 13.5. The molecule has 3 heteroatoms. The molecular weight excluding hydrogens is 317 g/mol. The molecule has 1 atom stereocenters. The van der Waals surface area contributed by atoms with Crippen molar-refractivity contribution in [3.63, 3.8) is 0 Å². The lowest BCUT2D eigenvalue weighted by atomic mass is 9.95. The van der Waals surface area contributed by atoms with Gasteiger partial charge in [-0.2, -0.15) is 0 Å². The Labute approximate surface area is 128 Å². The van der Waals surface area contributed by atoms with Gasteiger partial charge in [-0.1, -0.05) is 54.0 Å². The second kappa shape index (κ2) is 6.51. The fourth-order valence-electron chi connectivity index (χ4n) is 2.33. The van der Waals surface area contributed by atoms with Crippen molar-refractivity contribution in [3.05, 3.63) is 69.4 Å². The first-order valence-electron chi connectivity index (χ1n) is 6.76. The maximum absolute atomic E-state index is 13.5. The van der Waals surface area contributed by atoms with Crippen LogP contribution in [0.1, 0.15) is 36.6 Å². The lowest BCUT2D eigenvalue weighted by molar-refractivity contribution is 0.622. The third-order valence-electron chi connectivity index (χ3n) is 3.20. The monoisotopic (exact) mass is 335 g/mol. The van der Waals surface area contributed by atoms with Crippen molar-refractivity contribution in [3.8, 4) is 0 Å². The average molecular weight is 336 g/mol. The van der Waals surface area contributed by atoms with Crippen molar-refractivity contribution in [1.29, 1.82) is 0 Å². The van der Waals surface area contributed by atoms with Gasteiger partial charge < -0.3 is 5.73 Å². The summed E-state index contributed by atoms with van der Waals surface area (Å²) in [5.41, 5.74) is 9.32. The highest BCUT2D eigenvalue weighted by molar-refractivity contribution is 9.10. The van der Waals surface area contributed by atoms with Gasteiger partial charge >= 0.3 is 0 Å². The first kappa shape index (κ1) is 15.2. The molecule has 2 aromatic carbocycles. The number of benzene rings is 2. The van der Waals surface area contributed by atoms with Crippen molar-refractivity contribution in [2.45, 2.75) is 26.3 Å². The van der Waals surface area contributed by atoms with Gasteiger partial charge in [0.2, 0.25) is 0 Å². The summed E-state index contributed by atoms with van der Waals surface area (Å²) in [6, 6.07) is 12.7. The normalized spacial score (nSPS) is 12.7. The van der Waals surface area contributed by atoms with Crippen LogP contribution in [0.5, 0.6) is 0 Å². The smallest absolute Gasteiger partial charge is 0.124 e. The number of hydrogen-bond donors (Lipinski definition) is 1. The van der Waals surface area contributed by atoms with E-state index in [-0.39, 0.29) is 11.9 Å². The Morgan fingerprint density at radius 3 is 2.50 bits per heavy atom. The molecule has 106 valence electrons. The summed E-state index contributed by atoms with van der Waals surface area (Å²) in [6.45, 7) is 4.38. The van der Waals surface area contributed by atoms with Crippen molar-refractivity contribution in [2.75, 3.05) is 0 Å². The van der Waals surface area contributed by atoms with Crippen LogP contribution in [0.25, 0.3) is 0 Å². The molecule has 0 saturated carbocycles. The Kier molecular flexibility index (Phi) is 4.95. The van der Waals surface area contributed by atoms with Crippen LogP contribution in [0, 0.1) is 11.7 Å². The molecule has 0 bridgehead atoms. The Morgan fingerprint density at radius 1 is 1.10 bits per heavy atom. The molecule has 1 nitrogen and oxygen atoms in total. The van der Waals surface area contributed by atoms with Gasteiger partial charge in [0.1, 0.15) is 5.82 Å². The van der Waals surface area contributed by atoms with E-state index >= 15 is 0 Å². The minimum absolute atomic E-state index is 0.275. The molecule has 0 saturated heterocycles. The van der Waals surface area contributed by atoms with E-state index < -0.39 is 0 Å². The second-order valence-electron chi connectivity index (χ2n) is 5.52. The van der Waals surface area contributed by atoms with Gasteiger partial charge in [-0.05, 0) is 47.2 Å². The molecule has 0 aromatic heterocycles. The molecule has 20 heavy (non-hydrogen) atoms. The van der Waals surface area contributed by atoms with Gasteiger partial charge in [-0.3, -0.25) is 0 Å². The van der Waals surface area contributed by atoms with Gasteiger partial charge in [0.25, 0.3) is 0 Å². The van der Waals surface area contributed by atoms with Crippen LogP contribution < -0.4 is 5.73 Å². The predicted molar refractivity (Wildman–Crippen MR) is 85.1 cm³/mol. The standard InChI is InChI=1S/C17H19BrFN/c1-11(2)6-12-4-3-5-13(7-12)17(20)14-8-15(18)10-16(19)9-14/h3-5,7-11,17H,6,20H2,1-2H3. The third-order valence-corrected chi connectivity index (χ3v) is 3.66. The number of nitrogens with two attached hydrogens (primary N) is 1. The van der Waals surface area contributed by atoms with Gasteiger partial charge in [-0.15, -0.1) is 0 Å². The first-order chi connectivity index (χ1) is 9.45. The number of hydrogen-bond acceptors (Lipinski definition) is 1. The van der Waals surface area contributed by atoms with Crippen molar-refractivity contribution in [1.82, 2.24) is 0 Å². The molecule has 0 radical (unpaired) electrons. The van der Waals surface area contributed by atoms with Crippen molar-refractivity contribution in [2.24, 2.45) is 11.7 Å². The Bertz CT molecular complexity index is 575. The van der Waals surface area contributed by atoms with Crippen LogP contribution in [0.4, 0.5) is 4.39 Å². The summed E-state index contributed by atoms with van der Waals surface area (Å²) in [5, 5.41) is 0. The van der Waals surface area contributed by atoms with E-state index in [1.165, 1.54) is 17.7 Å². The van der Waals surface area contributed by atoms with Crippen LogP contribution in [0.15, 0.2) is 46.9 Å². The van der Waals surface area contributed by atoms with Crippen LogP contribution in [0.2, 0.25) is 0 Å². The molecule has 0 aliphatic carbocycles. The van der Waals surface area contributed by atoms with Crippen LogP contribution in [0.3, 0.4) is 0 Å². The lowest BCUT2D eigenvalue weighted by Gasteiger charge is -2.15. The molecule has 2 rings (SSSR count). The number of rotatable bonds is 4. The van der Waals surface area contributed by atoms with E-state index in [1.54, 1.807) is 0 Å². The van der Waals surface area contributed by atoms with E-state index in [4.69, 9.17) is 5.73 Å². The van der Waals surface area contributed by atoms with E-state index in [0.717, 1.165) is 17.5 Å². The van der Waals surface area contributed by atoms with Gasteiger partial charge in [-0.25, -0.2) is 4.39 Å². The van der Waals surface area contributed by atoms with E-state index in [9.17, 15) is 4.39 Å². The van der Waals surface area contributed by atoms with Crippen molar-refractivity contribution >= 4 is 15.9 Å². The average Bonchev–Trinajstić information content (AvgIpc) is 2.36. The van der Waals surface area contributed by atoms with Crippen molar-refractivity contribution < 1.29 is 4.39 Å². The lowest BCUT2D eigenvalue weighted by Crippen LogP contribution is -2.12. The SMILES string of the molecule is CC(C)Cc1cccc(C(N)c2cc(F)cc(Br)c2)c1. The maximum Gasteiger partial charge on any atom is 0.124 e. The Balaban J connectivity index is 2.30. The molecule has 1 unspecified atom stereocenters. The largest absolute Gasteiger partial charge is 0.320 e. The highest BCUT2D eigenvalue weighted by Crippen LogP contribution is 2.25. The zero-order valence-corrected chi connectivity index (χ0v) is 13.3. The molecule has 2 N–H and O–H groups in total. The topological polar surface area (TPSA) is 26.0 Å². The molecular formula is C17H19BrFN. The zero-order chi connectivity index (χ0) is 14.7. The van der Waals surface area contributed by atoms with Crippen LogP contribution >= 0.6 is 15.9 Å². The molecule has 0 fully saturated rings. The minimum Gasteiger partial charge on any atom is -0.320 e. The predicted octanol–water partition coefficient (Wildman–Crippen LogP) is 4.83. The van der Waals surface area contributed by atoms with Gasteiger partial charge in [0, 0.05) is 4.47 Å². The van der Waals surface area contributed by atoms with Crippen LogP contribution in [-0.2, 0) is 6.42 Å². The summed E-state index contributed by atoms with van der Waals surface area (Å²) in [5.74, 6) is 0.327. The quantitative estimate of drug-likeness (QED) is 0.850. The first-order valence-corrected chi connectivity index (χ1v) is 7.55. The molecule has 0 amide bonds. The Hall–Kier alpha value is -1.19.